The summed E-state index contributed by atoms with van der Waals surface area (Å²) >= 11 is 0. The molecule has 124 valence electrons. The van der Waals surface area contributed by atoms with Crippen LogP contribution in [0.4, 0.5) is 0 Å². The van der Waals surface area contributed by atoms with Gasteiger partial charge in [-0.2, -0.15) is 0 Å². The molecule has 1 aromatic rings. The van der Waals surface area contributed by atoms with E-state index in [2.05, 4.69) is 46.3 Å². The molecule has 0 amide bonds. The summed E-state index contributed by atoms with van der Waals surface area (Å²) < 4.78 is 2.28. The number of aromatic nitrogens is 2. The van der Waals surface area contributed by atoms with E-state index in [1.807, 2.05) is 6.20 Å². The lowest BCUT2D eigenvalue weighted by molar-refractivity contribution is 0.132. The SMILES string of the molecule is Cc1nccn1CCN1CCCN(CC2CC2)C(C(C)C)C1. The van der Waals surface area contributed by atoms with Gasteiger partial charge in [-0.15, -0.1) is 0 Å². The maximum Gasteiger partial charge on any atom is 0.105 e. The third kappa shape index (κ3) is 4.11. The summed E-state index contributed by atoms with van der Waals surface area (Å²) in [6.07, 6.45) is 8.26. The van der Waals surface area contributed by atoms with Crippen LogP contribution in [0.15, 0.2) is 12.4 Å². The Morgan fingerprint density at radius 1 is 1.23 bits per heavy atom. The average molecular weight is 304 g/mol. The van der Waals surface area contributed by atoms with Gasteiger partial charge in [-0.25, -0.2) is 4.98 Å². The first-order chi connectivity index (χ1) is 10.6. The van der Waals surface area contributed by atoms with Crippen LogP contribution < -0.4 is 0 Å². The van der Waals surface area contributed by atoms with Crippen LogP contribution in [0.5, 0.6) is 0 Å². The standard InChI is InChI=1S/C18H32N4/c1-15(2)18-14-20(11-12-21-10-7-19-16(21)3)8-4-9-22(18)13-17-5-6-17/h7,10,15,17-18H,4-6,8-9,11-14H2,1-3H3. The molecule has 1 aliphatic carbocycles. The maximum atomic E-state index is 4.33. The van der Waals surface area contributed by atoms with E-state index in [9.17, 15) is 0 Å². The number of hydrogen-bond acceptors (Lipinski definition) is 3. The molecule has 1 unspecified atom stereocenters. The van der Waals surface area contributed by atoms with E-state index in [1.54, 1.807) is 0 Å². The monoisotopic (exact) mass is 304 g/mol. The summed E-state index contributed by atoms with van der Waals surface area (Å²) in [5.41, 5.74) is 0. The molecule has 2 heterocycles. The Bertz CT molecular complexity index is 463. The van der Waals surface area contributed by atoms with Crippen molar-refractivity contribution in [1.82, 2.24) is 19.4 Å². The minimum Gasteiger partial charge on any atom is -0.334 e. The highest BCUT2D eigenvalue weighted by molar-refractivity contribution is 4.90. The van der Waals surface area contributed by atoms with E-state index < -0.39 is 0 Å². The minimum absolute atomic E-state index is 0.729. The fourth-order valence-electron chi connectivity index (χ4n) is 3.72. The van der Waals surface area contributed by atoms with Crippen molar-refractivity contribution in [2.24, 2.45) is 11.8 Å². The van der Waals surface area contributed by atoms with Crippen LogP contribution in [-0.2, 0) is 6.54 Å². The first-order valence-electron chi connectivity index (χ1n) is 9.07. The van der Waals surface area contributed by atoms with E-state index in [4.69, 9.17) is 0 Å². The molecule has 2 aliphatic rings. The van der Waals surface area contributed by atoms with Gasteiger partial charge < -0.3 is 4.57 Å². The van der Waals surface area contributed by atoms with Crippen molar-refractivity contribution in [1.29, 1.82) is 0 Å². The lowest BCUT2D eigenvalue weighted by atomic mass is 10.0. The van der Waals surface area contributed by atoms with Crippen molar-refractivity contribution in [3.63, 3.8) is 0 Å². The molecule has 2 fully saturated rings. The molecule has 4 heteroatoms. The van der Waals surface area contributed by atoms with Gasteiger partial charge in [-0.05, 0) is 51.1 Å². The second-order valence-electron chi connectivity index (χ2n) is 7.57. The van der Waals surface area contributed by atoms with Gasteiger partial charge in [-0.3, -0.25) is 9.80 Å². The molecule has 1 atom stereocenters. The second kappa shape index (κ2) is 7.14. The fraction of sp³-hybridized carbons (Fsp3) is 0.833. The molecule has 1 saturated carbocycles. The zero-order chi connectivity index (χ0) is 15.5. The highest BCUT2D eigenvalue weighted by Crippen LogP contribution is 2.31. The number of nitrogens with zero attached hydrogens (tertiary/aromatic N) is 4. The van der Waals surface area contributed by atoms with Crippen LogP contribution in [0.3, 0.4) is 0 Å². The van der Waals surface area contributed by atoms with Crippen LogP contribution in [0.25, 0.3) is 0 Å². The molecular formula is C18H32N4. The Hall–Kier alpha value is -0.870. The molecule has 4 nitrogen and oxygen atoms in total. The van der Waals surface area contributed by atoms with Gasteiger partial charge in [0.05, 0.1) is 0 Å². The van der Waals surface area contributed by atoms with Crippen LogP contribution in [0.2, 0.25) is 0 Å². The second-order valence-corrected chi connectivity index (χ2v) is 7.57. The quantitative estimate of drug-likeness (QED) is 0.807. The highest BCUT2D eigenvalue weighted by atomic mass is 15.3. The van der Waals surface area contributed by atoms with Gasteiger partial charge in [0.15, 0.2) is 0 Å². The maximum absolute atomic E-state index is 4.33. The van der Waals surface area contributed by atoms with Crippen molar-refractivity contribution in [3.8, 4) is 0 Å². The molecule has 3 rings (SSSR count). The third-order valence-corrected chi connectivity index (χ3v) is 5.37. The highest BCUT2D eigenvalue weighted by Gasteiger charge is 2.31. The zero-order valence-corrected chi connectivity index (χ0v) is 14.5. The molecular weight excluding hydrogens is 272 g/mol. The van der Waals surface area contributed by atoms with Crippen LogP contribution in [0.1, 0.15) is 38.9 Å². The van der Waals surface area contributed by atoms with E-state index in [0.29, 0.717) is 0 Å². The topological polar surface area (TPSA) is 24.3 Å². The molecule has 22 heavy (non-hydrogen) atoms. The molecule has 0 N–H and O–H groups in total. The first kappa shape index (κ1) is 16.0. The Labute approximate surface area is 135 Å². The number of hydrogen-bond donors (Lipinski definition) is 0. The van der Waals surface area contributed by atoms with Gasteiger partial charge in [0.2, 0.25) is 0 Å². The van der Waals surface area contributed by atoms with E-state index in [0.717, 1.165) is 36.8 Å². The van der Waals surface area contributed by atoms with Gasteiger partial charge in [0.25, 0.3) is 0 Å². The summed E-state index contributed by atoms with van der Waals surface area (Å²) in [6, 6.07) is 0.729. The lowest BCUT2D eigenvalue weighted by Crippen LogP contribution is -2.45. The molecule has 0 aromatic carbocycles. The van der Waals surface area contributed by atoms with Gasteiger partial charge in [-0.1, -0.05) is 13.8 Å². The van der Waals surface area contributed by atoms with Crippen molar-refractivity contribution in [2.75, 3.05) is 32.7 Å². The van der Waals surface area contributed by atoms with Crippen molar-refractivity contribution >= 4 is 0 Å². The van der Waals surface area contributed by atoms with Crippen LogP contribution in [-0.4, -0.2) is 58.1 Å². The number of rotatable bonds is 6. The predicted molar refractivity (Wildman–Crippen MR) is 90.9 cm³/mol. The molecule has 0 bridgehead atoms. The molecule has 0 spiro atoms. The van der Waals surface area contributed by atoms with E-state index >= 15 is 0 Å². The van der Waals surface area contributed by atoms with Crippen molar-refractivity contribution in [2.45, 2.75) is 52.6 Å². The van der Waals surface area contributed by atoms with Gasteiger partial charge >= 0.3 is 0 Å². The van der Waals surface area contributed by atoms with Crippen molar-refractivity contribution < 1.29 is 0 Å². The smallest absolute Gasteiger partial charge is 0.105 e. The van der Waals surface area contributed by atoms with Crippen molar-refractivity contribution in [3.05, 3.63) is 18.2 Å². The Morgan fingerprint density at radius 2 is 2.05 bits per heavy atom. The normalized spacial score (nSPS) is 24.8. The first-order valence-corrected chi connectivity index (χ1v) is 9.07. The average Bonchev–Trinajstić information content (AvgIpc) is 3.24. The van der Waals surface area contributed by atoms with E-state index in [1.165, 1.54) is 45.4 Å². The summed E-state index contributed by atoms with van der Waals surface area (Å²) in [5, 5.41) is 0. The molecule has 0 radical (unpaired) electrons. The van der Waals surface area contributed by atoms with Crippen LogP contribution in [0, 0.1) is 18.8 Å². The predicted octanol–water partition coefficient (Wildman–Crippen LogP) is 2.63. The van der Waals surface area contributed by atoms with Gasteiger partial charge in [0, 0.05) is 44.6 Å². The zero-order valence-electron chi connectivity index (χ0n) is 14.5. The number of aryl methyl sites for hydroxylation is 1. The summed E-state index contributed by atoms with van der Waals surface area (Å²) in [4.78, 5) is 9.80. The number of imidazole rings is 1. The molecule has 1 saturated heterocycles. The Balaban J connectivity index is 1.57. The lowest BCUT2D eigenvalue weighted by Gasteiger charge is -2.34. The van der Waals surface area contributed by atoms with Gasteiger partial charge in [0.1, 0.15) is 5.82 Å². The summed E-state index contributed by atoms with van der Waals surface area (Å²) in [5.74, 6) is 2.88. The van der Waals surface area contributed by atoms with E-state index in [-0.39, 0.29) is 0 Å². The largest absolute Gasteiger partial charge is 0.334 e. The van der Waals surface area contributed by atoms with Crippen LogP contribution >= 0.6 is 0 Å². The minimum atomic E-state index is 0.729. The molecule has 1 aromatic heterocycles. The summed E-state index contributed by atoms with van der Waals surface area (Å²) in [7, 11) is 0. The Kier molecular flexibility index (Phi) is 5.19. The fourth-order valence-corrected chi connectivity index (χ4v) is 3.72. The Morgan fingerprint density at radius 3 is 2.68 bits per heavy atom. The summed E-state index contributed by atoms with van der Waals surface area (Å²) in [6.45, 7) is 14.2. The third-order valence-electron chi connectivity index (χ3n) is 5.37. The molecule has 1 aliphatic heterocycles.